The molecule has 0 aliphatic rings. The Hall–Kier alpha value is -2.36. The van der Waals surface area contributed by atoms with Crippen molar-refractivity contribution in [3.05, 3.63) is 59.9 Å². The summed E-state index contributed by atoms with van der Waals surface area (Å²) in [5.74, 6) is -0.120. The third-order valence-electron chi connectivity index (χ3n) is 3.65. The summed E-state index contributed by atoms with van der Waals surface area (Å²) >= 11 is 0. The van der Waals surface area contributed by atoms with Crippen LogP contribution in [0.25, 0.3) is 0 Å². The second kappa shape index (κ2) is 8.17. The number of nitrogens with one attached hydrogen (secondary N) is 1. The third-order valence-corrected chi connectivity index (χ3v) is 3.65. The van der Waals surface area contributed by atoms with Crippen molar-refractivity contribution in [3.8, 4) is 0 Å². The van der Waals surface area contributed by atoms with E-state index >= 15 is 0 Å². The molecule has 0 bridgehead atoms. The molecule has 1 heterocycles. The fourth-order valence-electron chi connectivity index (χ4n) is 2.38. The summed E-state index contributed by atoms with van der Waals surface area (Å²) < 4.78 is 0. The number of pyridine rings is 1. The highest BCUT2D eigenvalue weighted by Crippen LogP contribution is 2.14. The van der Waals surface area contributed by atoms with Crippen LogP contribution < -0.4 is 10.2 Å². The summed E-state index contributed by atoms with van der Waals surface area (Å²) in [6.45, 7) is 6.64. The maximum atomic E-state index is 12.2. The highest BCUT2D eigenvalue weighted by Gasteiger charge is 2.09. The number of carbonyl (C=O) groups excluding carboxylic acids is 1. The predicted octanol–water partition coefficient (Wildman–Crippen LogP) is 2.90. The second-order valence-electron chi connectivity index (χ2n) is 5.06. The van der Waals surface area contributed by atoms with E-state index in [1.165, 1.54) is 5.56 Å². The Labute approximate surface area is 132 Å². The molecule has 0 saturated carbocycles. The van der Waals surface area contributed by atoms with Crippen LogP contribution in [-0.2, 0) is 6.42 Å². The first-order valence-corrected chi connectivity index (χ1v) is 7.77. The van der Waals surface area contributed by atoms with Crippen molar-refractivity contribution < 1.29 is 4.79 Å². The monoisotopic (exact) mass is 297 g/mol. The smallest absolute Gasteiger partial charge is 0.269 e. The van der Waals surface area contributed by atoms with E-state index in [1.54, 1.807) is 6.20 Å². The van der Waals surface area contributed by atoms with E-state index in [-0.39, 0.29) is 5.91 Å². The Morgan fingerprint density at radius 2 is 1.86 bits per heavy atom. The van der Waals surface area contributed by atoms with E-state index in [0.717, 1.165) is 25.2 Å². The number of benzene rings is 1. The maximum absolute atomic E-state index is 12.2. The number of hydrogen-bond donors (Lipinski definition) is 1. The Kier molecular flexibility index (Phi) is 5.95. The molecule has 0 radical (unpaired) electrons. The number of aromatic nitrogens is 1. The van der Waals surface area contributed by atoms with E-state index in [1.807, 2.05) is 30.3 Å². The molecular formula is C18H23N3O. The minimum Gasteiger partial charge on any atom is -0.372 e. The summed E-state index contributed by atoms with van der Waals surface area (Å²) in [5.41, 5.74) is 2.72. The van der Waals surface area contributed by atoms with Gasteiger partial charge in [-0.2, -0.15) is 0 Å². The standard InChI is InChI=1S/C18H23N3O/c1-3-21(4-2)16-11-13-19-17(14-16)18(22)20-12-10-15-8-6-5-7-9-15/h5-9,11,13-14H,3-4,10,12H2,1-2H3,(H,20,22). The summed E-state index contributed by atoms with van der Waals surface area (Å²) in [4.78, 5) is 18.6. The normalized spacial score (nSPS) is 10.3. The lowest BCUT2D eigenvalue weighted by atomic mass is 10.1. The van der Waals surface area contributed by atoms with Crippen molar-refractivity contribution >= 4 is 11.6 Å². The topological polar surface area (TPSA) is 45.2 Å². The molecule has 4 heteroatoms. The third kappa shape index (κ3) is 4.32. The molecule has 4 nitrogen and oxygen atoms in total. The SMILES string of the molecule is CCN(CC)c1ccnc(C(=O)NCCc2ccccc2)c1. The van der Waals surface area contributed by atoms with Gasteiger partial charge >= 0.3 is 0 Å². The van der Waals surface area contributed by atoms with Gasteiger partial charge in [0.15, 0.2) is 0 Å². The largest absolute Gasteiger partial charge is 0.372 e. The summed E-state index contributed by atoms with van der Waals surface area (Å²) in [5, 5.41) is 2.93. The zero-order valence-corrected chi connectivity index (χ0v) is 13.2. The van der Waals surface area contributed by atoms with Crippen molar-refractivity contribution in [1.82, 2.24) is 10.3 Å². The summed E-state index contributed by atoms with van der Waals surface area (Å²) in [6, 6.07) is 13.9. The first kappa shape index (κ1) is 16.0. The Bertz CT molecular complexity index is 594. The lowest BCUT2D eigenvalue weighted by Crippen LogP contribution is -2.27. The average molecular weight is 297 g/mol. The molecule has 116 valence electrons. The highest BCUT2D eigenvalue weighted by molar-refractivity contribution is 5.93. The molecule has 0 fully saturated rings. The average Bonchev–Trinajstić information content (AvgIpc) is 2.57. The number of hydrogen-bond acceptors (Lipinski definition) is 3. The quantitative estimate of drug-likeness (QED) is 0.854. The lowest BCUT2D eigenvalue weighted by Gasteiger charge is -2.21. The summed E-state index contributed by atoms with van der Waals surface area (Å²) in [7, 11) is 0. The van der Waals surface area contributed by atoms with Crippen molar-refractivity contribution in [3.63, 3.8) is 0 Å². The molecule has 0 saturated heterocycles. The fourth-order valence-corrected chi connectivity index (χ4v) is 2.38. The van der Waals surface area contributed by atoms with Gasteiger partial charge in [0.05, 0.1) is 0 Å². The molecule has 0 spiro atoms. The van der Waals surface area contributed by atoms with Gasteiger partial charge in [-0.15, -0.1) is 0 Å². The maximum Gasteiger partial charge on any atom is 0.269 e. The van der Waals surface area contributed by atoms with Crippen LogP contribution in [0.5, 0.6) is 0 Å². The van der Waals surface area contributed by atoms with Gasteiger partial charge in [0.25, 0.3) is 5.91 Å². The molecule has 1 aromatic carbocycles. The lowest BCUT2D eigenvalue weighted by molar-refractivity contribution is 0.0949. The first-order chi connectivity index (χ1) is 10.7. The number of nitrogens with zero attached hydrogens (tertiary/aromatic N) is 2. The fraction of sp³-hybridized carbons (Fsp3) is 0.333. The van der Waals surface area contributed by atoms with Gasteiger partial charge in [-0.25, -0.2) is 0 Å². The van der Waals surface area contributed by atoms with Crippen LogP contribution in [0.2, 0.25) is 0 Å². The summed E-state index contributed by atoms with van der Waals surface area (Å²) in [6.07, 6.45) is 2.52. The molecule has 0 aliphatic heterocycles. The van der Waals surface area contributed by atoms with Gasteiger partial charge in [-0.1, -0.05) is 30.3 Å². The van der Waals surface area contributed by atoms with Crippen LogP contribution in [0.4, 0.5) is 5.69 Å². The Morgan fingerprint density at radius 1 is 1.14 bits per heavy atom. The first-order valence-electron chi connectivity index (χ1n) is 7.77. The van der Waals surface area contributed by atoms with Gasteiger partial charge in [-0.3, -0.25) is 9.78 Å². The van der Waals surface area contributed by atoms with Crippen LogP contribution in [-0.4, -0.2) is 30.5 Å². The van der Waals surface area contributed by atoms with Crippen LogP contribution in [0.1, 0.15) is 29.9 Å². The van der Waals surface area contributed by atoms with Crippen molar-refractivity contribution in [2.45, 2.75) is 20.3 Å². The number of anilines is 1. The minimum atomic E-state index is -0.120. The van der Waals surface area contributed by atoms with Crippen molar-refractivity contribution in [2.75, 3.05) is 24.5 Å². The molecule has 0 unspecified atom stereocenters. The Balaban J connectivity index is 1.93. The molecule has 2 rings (SSSR count). The molecule has 22 heavy (non-hydrogen) atoms. The van der Waals surface area contributed by atoms with E-state index < -0.39 is 0 Å². The van der Waals surface area contributed by atoms with Crippen molar-refractivity contribution in [2.24, 2.45) is 0 Å². The highest BCUT2D eigenvalue weighted by atomic mass is 16.1. The van der Waals surface area contributed by atoms with Gasteiger partial charge < -0.3 is 10.2 Å². The van der Waals surface area contributed by atoms with E-state index in [2.05, 4.69) is 41.2 Å². The molecule has 1 aromatic heterocycles. The molecule has 1 amide bonds. The van der Waals surface area contributed by atoms with Gasteiger partial charge in [0.2, 0.25) is 0 Å². The second-order valence-corrected chi connectivity index (χ2v) is 5.06. The van der Waals surface area contributed by atoms with E-state index in [4.69, 9.17) is 0 Å². The number of amides is 1. The predicted molar refractivity (Wildman–Crippen MR) is 90.3 cm³/mol. The molecule has 2 aromatic rings. The van der Waals surface area contributed by atoms with Crippen LogP contribution in [0, 0.1) is 0 Å². The van der Waals surface area contributed by atoms with Crippen molar-refractivity contribution in [1.29, 1.82) is 0 Å². The number of carbonyl (C=O) groups is 1. The van der Waals surface area contributed by atoms with Gasteiger partial charge in [0, 0.05) is 31.5 Å². The number of rotatable bonds is 7. The zero-order valence-electron chi connectivity index (χ0n) is 13.2. The van der Waals surface area contributed by atoms with E-state index in [0.29, 0.717) is 12.2 Å². The molecule has 1 N–H and O–H groups in total. The molecular weight excluding hydrogens is 274 g/mol. The van der Waals surface area contributed by atoms with Crippen LogP contribution in [0.15, 0.2) is 48.7 Å². The van der Waals surface area contributed by atoms with Gasteiger partial charge in [0.1, 0.15) is 5.69 Å². The van der Waals surface area contributed by atoms with Crippen LogP contribution in [0.3, 0.4) is 0 Å². The van der Waals surface area contributed by atoms with E-state index in [9.17, 15) is 4.79 Å². The zero-order chi connectivity index (χ0) is 15.8. The van der Waals surface area contributed by atoms with Crippen LogP contribution >= 0.6 is 0 Å². The molecule has 0 aliphatic carbocycles. The van der Waals surface area contributed by atoms with Gasteiger partial charge in [-0.05, 0) is 38.0 Å². The molecule has 0 atom stereocenters. The Morgan fingerprint density at radius 3 is 2.55 bits per heavy atom. The minimum absolute atomic E-state index is 0.120.